The van der Waals surface area contributed by atoms with Crippen molar-refractivity contribution in [2.45, 2.75) is 46.7 Å². The Morgan fingerprint density at radius 2 is 1.76 bits per heavy atom. The van der Waals surface area contributed by atoms with Crippen LogP contribution in [0.15, 0.2) is 29.1 Å². The summed E-state index contributed by atoms with van der Waals surface area (Å²) in [5, 5.41) is 3.49. The Bertz CT molecular complexity index is 691. The highest BCUT2D eigenvalue weighted by Gasteiger charge is 2.17. The lowest BCUT2D eigenvalue weighted by atomic mass is 10.0. The van der Waals surface area contributed by atoms with E-state index in [1.165, 1.54) is 11.1 Å². The fourth-order valence-corrected chi connectivity index (χ4v) is 2.87. The molecule has 0 spiro atoms. The van der Waals surface area contributed by atoms with Crippen LogP contribution in [0, 0.1) is 20.8 Å². The predicted octanol–water partition coefficient (Wildman–Crippen LogP) is 3.11. The molecule has 1 heterocycles. The number of aromatic amines is 1. The van der Waals surface area contributed by atoms with Crippen LogP contribution >= 0.6 is 0 Å². The Labute approximate surface area is 125 Å². The molecular formula is C17H23N3O. The van der Waals surface area contributed by atoms with Gasteiger partial charge in [-0.05, 0) is 45.7 Å². The van der Waals surface area contributed by atoms with E-state index in [2.05, 4.69) is 41.3 Å². The van der Waals surface area contributed by atoms with Gasteiger partial charge in [0.15, 0.2) is 0 Å². The van der Waals surface area contributed by atoms with Crippen molar-refractivity contribution in [1.82, 2.24) is 15.3 Å². The fraction of sp³-hybridized carbons (Fsp3) is 0.412. The Kier molecular flexibility index (Phi) is 4.58. The number of benzene rings is 1. The molecule has 2 N–H and O–H groups in total. The van der Waals surface area contributed by atoms with Crippen LogP contribution < -0.4 is 10.9 Å². The average Bonchev–Trinajstić information content (AvgIpc) is 2.37. The molecule has 0 aliphatic carbocycles. The van der Waals surface area contributed by atoms with E-state index in [0.717, 1.165) is 5.69 Å². The van der Waals surface area contributed by atoms with Crippen LogP contribution in [0.2, 0.25) is 0 Å². The maximum absolute atomic E-state index is 12.2. The fourth-order valence-electron chi connectivity index (χ4n) is 2.87. The van der Waals surface area contributed by atoms with Crippen molar-refractivity contribution in [3.8, 4) is 0 Å². The summed E-state index contributed by atoms with van der Waals surface area (Å²) in [6.45, 7) is 9.90. The van der Waals surface area contributed by atoms with Crippen LogP contribution in [0.4, 0.5) is 0 Å². The van der Waals surface area contributed by atoms with E-state index in [-0.39, 0.29) is 17.6 Å². The van der Waals surface area contributed by atoms with Crippen molar-refractivity contribution >= 4 is 0 Å². The number of aryl methyl sites for hydroxylation is 3. The minimum absolute atomic E-state index is 0.0583. The molecule has 2 aromatic rings. The van der Waals surface area contributed by atoms with Crippen LogP contribution in [-0.2, 0) is 0 Å². The Balaban J connectivity index is 2.25. The second-order valence-corrected chi connectivity index (χ2v) is 5.62. The number of H-pyrrole nitrogens is 1. The molecule has 0 saturated carbocycles. The molecule has 0 amide bonds. The van der Waals surface area contributed by atoms with E-state index in [1.807, 2.05) is 26.0 Å². The topological polar surface area (TPSA) is 57.8 Å². The quantitative estimate of drug-likeness (QED) is 0.907. The lowest BCUT2D eigenvalue weighted by Gasteiger charge is -2.22. The van der Waals surface area contributed by atoms with Gasteiger partial charge in [-0.25, -0.2) is 4.98 Å². The molecule has 4 heteroatoms. The third kappa shape index (κ3) is 3.39. The zero-order valence-electron chi connectivity index (χ0n) is 13.3. The molecule has 2 rings (SSSR count). The first-order chi connectivity index (χ1) is 9.90. The lowest BCUT2D eigenvalue weighted by Crippen LogP contribution is -2.30. The van der Waals surface area contributed by atoms with E-state index in [0.29, 0.717) is 11.4 Å². The molecule has 1 aromatic carbocycles. The molecule has 0 fully saturated rings. The van der Waals surface area contributed by atoms with E-state index >= 15 is 0 Å². The highest BCUT2D eigenvalue weighted by Crippen LogP contribution is 2.21. The average molecular weight is 285 g/mol. The zero-order valence-corrected chi connectivity index (χ0v) is 13.3. The highest BCUT2D eigenvalue weighted by atomic mass is 16.1. The van der Waals surface area contributed by atoms with E-state index in [4.69, 9.17) is 0 Å². The van der Waals surface area contributed by atoms with Gasteiger partial charge in [0.05, 0.1) is 5.56 Å². The molecule has 1 aromatic heterocycles. The van der Waals surface area contributed by atoms with Gasteiger partial charge in [-0.15, -0.1) is 0 Å². The maximum atomic E-state index is 12.2. The minimum atomic E-state index is -0.0588. The van der Waals surface area contributed by atoms with Gasteiger partial charge in [-0.1, -0.05) is 24.3 Å². The summed E-state index contributed by atoms with van der Waals surface area (Å²) in [7, 11) is 0. The number of nitrogens with zero attached hydrogens (tertiary/aromatic N) is 1. The highest BCUT2D eigenvalue weighted by molar-refractivity contribution is 5.29. The van der Waals surface area contributed by atoms with E-state index in [9.17, 15) is 4.79 Å². The van der Waals surface area contributed by atoms with Crippen molar-refractivity contribution in [3.63, 3.8) is 0 Å². The molecule has 2 atom stereocenters. The lowest BCUT2D eigenvalue weighted by molar-refractivity contribution is 0.486. The summed E-state index contributed by atoms with van der Waals surface area (Å²) in [5.74, 6) is 0.653. The Hall–Kier alpha value is -1.94. The summed E-state index contributed by atoms with van der Waals surface area (Å²) < 4.78 is 0. The molecule has 0 saturated heterocycles. The number of aromatic nitrogens is 2. The van der Waals surface area contributed by atoms with E-state index in [1.54, 1.807) is 6.92 Å². The molecule has 0 aliphatic heterocycles. The third-order valence-electron chi connectivity index (χ3n) is 3.85. The van der Waals surface area contributed by atoms with Gasteiger partial charge in [0.1, 0.15) is 5.82 Å². The molecule has 0 radical (unpaired) electrons. The van der Waals surface area contributed by atoms with Crippen LogP contribution in [-0.4, -0.2) is 9.97 Å². The SMILES string of the molecule is Cc1nc(C)c(C(C)NC(C)c2ccccc2C)c(=O)[nH]1. The number of hydrogen-bond donors (Lipinski definition) is 2. The third-order valence-corrected chi connectivity index (χ3v) is 3.85. The van der Waals surface area contributed by atoms with Gasteiger partial charge in [0, 0.05) is 17.8 Å². The Morgan fingerprint density at radius 1 is 1.10 bits per heavy atom. The molecule has 0 bridgehead atoms. The van der Waals surface area contributed by atoms with Crippen LogP contribution in [0.5, 0.6) is 0 Å². The summed E-state index contributed by atoms with van der Waals surface area (Å²) in [4.78, 5) is 19.3. The summed E-state index contributed by atoms with van der Waals surface area (Å²) >= 11 is 0. The minimum Gasteiger partial charge on any atom is -0.310 e. The first-order valence-corrected chi connectivity index (χ1v) is 7.29. The largest absolute Gasteiger partial charge is 0.310 e. The van der Waals surface area contributed by atoms with Gasteiger partial charge in [0.25, 0.3) is 5.56 Å². The standard InChI is InChI=1S/C17H23N3O/c1-10-8-6-7-9-15(10)11(2)18-12(3)16-13(4)19-14(5)20-17(16)21/h6-9,11-12,18H,1-5H3,(H,19,20,21). The molecule has 4 nitrogen and oxygen atoms in total. The second kappa shape index (κ2) is 6.22. The van der Waals surface area contributed by atoms with Gasteiger partial charge in [-0.3, -0.25) is 4.79 Å². The molecule has 2 unspecified atom stereocenters. The number of hydrogen-bond acceptors (Lipinski definition) is 3. The van der Waals surface area contributed by atoms with Crippen LogP contribution in [0.1, 0.15) is 54.1 Å². The normalized spacial score (nSPS) is 14.0. The Morgan fingerprint density at radius 3 is 2.38 bits per heavy atom. The summed E-state index contributed by atoms with van der Waals surface area (Å²) in [6, 6.07) is 8.40. The second-order valence-electron chi connectivity index (χ2n) is 5.62. The summed E-state index contributed by atoms with van der Waals surface area (Å²) in [5.41, 5.74) is 3.93. The molecule has 112 valence electrons. The van der Waals surface area contributed by atoms with Crippen molar-refractivity contribution in [1.29, 1.82) is 0 Å². The van der Waals surface area contributed by atoms with Crippen molar-refractivity contribution in [2.75, 3.05) is 0 Å². The maximum Gasteiger partial charge on any atom is 0.255 e. The van der Waals surface area contributed by atoms with Crippen molar-refractivity contribution < 1.29 is 0 Å². The van der Waals surface area contributed by atoms with Gasteiger partial charge in [0.2, 0.25) is 0 Å². The number of nitrogens with one attached hydrogen (secondary N) is 2. The zero-order chi connectivity index (χ0) is 15.6. The first-order valence-electron chi connectivity index (χ1n) is 7.29. The number of rotatable bonds is 4. The summed E-state index contributed by atoms with van der Waals surface area (Å²) in [6.07, 6.45) is 0. The van der Waals surface area contributed by atoms with Crippen LogP contribution in [0.3, 0.4) is 0 Å². The van der Waals surface area contributed by atoms with Gasteiger partial charge >= 0.3 is 0 Å². The monoisotopic (exact) mass is 285 g/mol. The first kappa shape index (κ1) is 15.4. The molecular weight excluding hydrogens is 262 g/mol. The van der Waals surface area contributed by atoms with Crippen LogP contribution in [0.25, 0.3) is 0 Å². The molecule has 0 aliphatic rings. The van der Waals surface area contributed by atoms with Gasteiger partial charge < -0.3 is 10.3 Å². The van der Waals surface area contributed by atoms with E-state index < -0.39 is 0 Å². The molecule has 21 heavy (non-hydrogen) atoms. The smallest absolute Gasteiger partial charge is 0.255 e. The van der Waals surface area contributed by atoms with Gasteiger partial charge in [-0.2, -0.15) is 0 Å². The van der Waals surface area contributed by atoms with Crippen molar-refractivity contribution in [2.24, 2.45) is 0 Å². The predicted molar refractivity (Wildman–Crippen MR) is 85.5 cm³/mol. The van der Waals surface area contributed by atoms with Crippen molar-refractivity contribution in [3.05, 3.63) is 62.8 Å².